The number of piperidine rings is 1. The monoisotopic (exact) mass is 242 g/mol. The van der Waals surface area contributed by atoms with Gasteiger partial charge in [0.1, 0.15) is 6.04 Å². The van der Waals surface area contributed by atoms with Crippen LogP contribution in [-0.2, 0) is 14.3 Å². The van der Waals surface area contributed by atoms with Crippen LogP contribution >= 0.6 is 0 Å². The van der Waals surface area contributed by atoms with Crippen molar-refractivity contribution in [1.29, 1.82) is 0 Å². The minimum Gasteiger partial charge on any atom is -0.468 e. The summed E-state index contributed by atoms with van der Waals surface area (Å²) in [6.45, 7) is 3.40. The highest BCUT2D eigenvalue weighted by Gasteiger charge is 2.30. The van der Waals surface area contributed by atoms with Crippen LogP contribution in [0.5, 0.6) is 0 Å². The molecule has 5 nitrogen and oxygen atoms in total. The molecule has 0 spiro atoms. The van der Waals surface area contributed by atoms with E-state index in [-0.39, 0.29) is 23.8 Å². The van der Waals surface area contributed by atoms with Gasteiger partial charge in [-0.1, -0.05) is 0 Å². The molecule has 1 aliphatic rings. The molecule has 1 amide bonds. The van der Waals surface area contributed by atoms with Gasteiger partial charge in [0.25, 0.3) is 0 Å². The average Bonchev–Trinajstić information content (AvgIpc) is 2.36. The van der Waals surface area contributed by atoms with Gasteiger partial charge in [-0.25, -0.2) is 0 Å². The second kappa shape index (κ2) is 6.00. The van der Waals surface area contributed by atoms with Crippen LogP contribution in [-0.4, -0.2) is 62.0 Å². The molecular formula is C12H22N2O3. The predicted molar refractivity (Wildman–Crippen MR) is 64.5 cm³/mol. The number of methoxy groups -OCH3 is 1. The van der Waals surface area contributed by atoms with Crippen molar-refractivity contribution in [2.75, 3.05) is 34.3 Å². The molecule has 1 heterocycles. The molecule has 5 heteroatoms. The Morgan fingerprint density at radius 2 is 1.82 bits per heavy atom. The molecule has 0 N–H and O–H groups in total. The Morgan fingerprint density at radius 3 is 2.24 bits per heavy atom. The SMILES string of the molecule is COC(=O)C(C)N1CCC(C(=O)N(C)C)CC1. The lowest BCUT2D eigenvalue weighted by atomic mass is 9.94. The van der Waals surface area contributed by atoms with Crippen molar-refractivity contribution in [3.8, 4) is 0 Å². The van der Waals surface area contributed by atoms with Crippen molar-refractivity contribution < 1.29 is 14.3 Å². The molecule has 0 aromatic rings. The zero-order chi connectivity index (χ0) is 13.0. The Labute approximate surface area is 103 Å². The smallest absolute Gasteiger partial charge is 0.322 e. The first-order valence-electron chi connectivity index (χ1n) is 6.00. The second-order valence-electron chi connectivity index (χ2n) is 4.74. The summed E-state index contributed by atoms with van der Waals surface area (Å²) in [5, 5.41) is 0. The Bertz CT molecular complexity index is 283. The number of carbonyl (C=O) groups excluding carboxylic acids is 2. The first-order chi connectivity index (χ1) is 7.97. The van der Waals surface area contributed by atoms with Crippen LogP contribution in [0.4, 0.5) is 0 Å². The summed E-state index contributed by atoms with van der Waals surface area (Å²) >= 11 is 0. The molecule has 1 rings (SSSR count). The molecule has 0 aliphatic carbocycles. The summed E-state index contributed by atoms with van der Waals surface area (Å²) in [6.07, 6.45) is 1.64. The van der Waals surface area contributed by atoms with Crippen molar-refractivity contribution >= 4 is 11.9 Å². The molecule has 1 fully saturated rings. The quantitative estimate of drug-likeness (QED) is 0.670. The molecule has 0 saturated carbocycles. The van der Waals surface area contributed by atoms with E-state index >= 15 is 0 Å². The number of rotatable bonds is 3. The van der Waals surface area contributed by atoms with Gasteiger partial charge in [-0.2, -0.15) is 0 Å². The summed E-state index contributed by atoms with van der Waals surface area (Å²) in [4.78, 5) is 26.9. The number of nitrogens with zero attached hydrogens (tertiary/aromatic N) is 2. The third-order valence-electron chi connectivity index (χ3n) is 3.41. The fourth-order valence-electron chi connectivity index (χ4n) is 2.22. The minimum absolute atomic E-state index is 0.103. The lowest BCUT2D eigenvalue weighted by Gasteiger charge is -2.34. The summed E-state index contributed by atoms with van der Waals surface area (Å²) in [6, 6.07) is -0.213. The number of esters is 1. The van der Waals surface area contributed by atoms with Gasteiger partial charge in [0.2, 0.25) is 5.91 Å². The van der Waals surface area contributed by atoms with Crippen LogP contribution in [0.25, 0.3) is 0 Å². The molecule has 0 bridgehead atoms. The first kappa shape index (κ1) is 14.0. The van der Waals surface area contributed by atoms with Crippen LogP contribution in [0.15, 0.2) is 0 Å². The summed E-state index contributed by atoms with van der Waals surface area (Å²) in [7, 11) is 4.97. The second-order valence-corrected chi connectivity index (χ2v) is 4.74. The zero-order valence-corrected chi connectivity index (χ0v) is 11.1. The maximum absolute atomic E-state index is 11.8. The van der Waals surface area contributed by atoms with Crippen LogP contribution in [0.2, 0.25) is 0 Å². The number of ether oxygens (including phenoxy) is 1. The van der Waals surface area contributed by atoms with Gasteiger partial charge in [0.05, 0.1) is 7.11 Å². The van der Waals surface area contributed by atoms with Gasteiger partial charge in [0, 0.05) is 20.0 Å². The molecule has 1 aliphatic heterocycles. The Morgan fingerprint density at radius 1 is 1.29 bits per heavy atom. The minimum atomic E-state index is -0.213. The first-order valence-corrected chi connectivity index (χ1v) is 6.00. The van der Waals surface area contributed by atoms with Crippen molar-refractivity contribution in [3.05, 3.63) is 0 Å². The zero-order valence-electron chi connectivity index (χ0n) is 11.1. The third kappa shape index (κ3) is 3.43. The highest BCUT2D eigenvalue weighted by atomic mass is 16.5. The van der Waals surface area contributed by atoms with E-state index < -0.39 is 0 Å². The summed E-state index contributed by atoms with van der Waals surface area (Å²) in [5.74, 6) is 0.0869. The van der Waals surface area contributed by atoms with Crippen LogP contribution in [0, 0.1) is 5.92 Å². The van der Waals surface area contributed by atoms with Crippen molar-refractivity contribution in [3.63, 3.8) is 0 Å². The lowest BCUT2D eigenvalue weighted by molar-refractivity contribution is -0.147. The number of carbonyl (C=O) groups is 2. The van der Waals surface area contributed by atoms with E-state index in [9.17, 15) is 9.59 Å². The molecule has 17 heavy (non-hydrogen) atoms. The van der Waals surface area contributed by atoms with E-state index in [4.69, 9.17) is 4.74 Å². The van der Waals surface area contributed by atoms with Crippen molar-refractivity contribution in [2.24, 2.45) is 5.92 Å². The van der Waals surface area contributed by atoms with E-state index in [1.807, 2.05) is 6.92 Å². The Kier molecular flexibility index (Phi) is 4.93. The molecule has 0 aromatic carbocycles. The molecule has 0 radical (unpaired) electrons. The van der Waals surface area contributed by atoms with E-state index in [0.717, 1.165) is 25.9 Å². The van der Waals surface area contributed by atoms with E-state index in [2.05, 4.69) is 4.90 Å². The summed E-state index contributed by atoms with van der Waals surface area (Å²) in [5.41, 5.74) is 0. The molecule has 1 saturated heterocycles. The molecular weight excluding hydrogens is 220 g/mol. The van der Waals surface area contributed by atoms with Gasteiger partial charge >= 0.3 is 5.97 Å². The van der Waals surface area contributed by atoms with Crippen LogP contribution in [0.3, 0.4) is 0 Å². The van der Waals surface area contributed by atoms with E-state index in [1.54, 1.807) is 19.0 Å². The maximum atomic E-state index is 11.8. The number of amides is 1. The lowest BCUT2D eigenvalue weighted by Crippen LogP contribution is -2.46. The maximum Gasteiger partial charge on any atom is 0.322 e. The number of likely N-dealkylation sites (tertiary alicyclic amines) is 1. The van der Waals surface area contributed by atoms with Crippen molar-refractivity contribution in [1.82, 2.24) is 9.80 Å². The average molecular weight is 242 g/mol. The standard InChI is InChI=1S/C12H22N2O3/c1-9(12(16)17-4)14-7-5-10(6-8-14)11(15)13(2)3/h9-10H,5-8H2,1-4H3. The Hall–Kier alpha value is -1.10. The third-order valence-corrected chi connectivity index (χ3v) is 3.41. The normalized spacial score (nSPS) is 19.8. The van der Waals surface area contributed by atoms with Gasteiger partial charge < -0.3 is 9.64 Å². The fraction of sp³-hybridized carbons (Fsp3) is 0.833. The highest BCUT2D eigenvalue weighted by molar-refractivity contribution is 5.78. The fourth-order valence-corrected chi connectivity index (χ4v) is 2.22. The number of hydrogen-bond acceptors (Lipinski definition) is 4. The van der Waals surface area contributed by atoms with Gasteiger partial charge in [-0.15, -0.1) is 0 Å². The highest BCUT2D eigenvalue weighted by Crippen LogP contribution is 2.20. The van der Waals surface area contributed by atoms with Gasteiger partial charge in [-0.3, -0.25) is 14.5 Å². The van der Waals surface area contributed by atoms with Crippen LogP contribution in [0.1, 0.15) is 19.8 Å². The molecule has 1 unspecified atom stereocenters. The number of hydrogen-bond donors (Lipinski definition) is 0. The van der Waals surface area contributed by atoms with Gasteiger partial charge in [-0.05, 0) is 32.9 Å². The topological polar surface area (TPSA) is 49.9 Å². The Balaban J connectivity index is 2.45. The summed E-state index contributed by atoms with van der Waals surface area (Å²) < 4.78 is 4.72. The van der Waals surface area contributed by atoms with Crippen molar-refractivity contribution in [2.45, 2.75) is 25.8 Å². The molecule has 0 aromatic heterocycles. The van der Waals surface area contributed by atoms with E-state index in [0.29, 0.717) is 0 Å². The van der Waals surface area contributed by atoms with E-state index in [1.165, 1.54) is 7.11 Å². The largest absolute Gasteiger partial charge is 0.468 e. The molecule has 1 atom stereocenters. The van der Waals surface area contributed by atoms with Gasteiger partial charge in [0.15, 0.2) is 0 Å². The molecule has 98 valence electrons. The predicted octanol–water partition coefficient (Wildman–Crippen LogP) is 0.348. The van der Waals surface area contributed by atoms with Crippen LogP contribution < -0.4 is 0 Å².